The molecule has 0 aliphatic heterocycles. The van der Waals surface area contributed by atoms with E-state index >= 15 is 0 Å². The molecule has 0 aliphatic rings. The highest BCUT2D eigenvalue weighted by atomic mass is 127. The molecule has 2 heterocycles. The maximum absolute atomic E-state index is 2.51. The van der Waals surface area contributed by atoms with Crippen molar-refractivity contribution in [2.24, 2.45) is 0 Å². The summed E-state index contributed by atoms with van der Waals surface area (Å²) in [5, 5.41) is 1.37. The molecule has 0 bridgehead atoms. The van der Waals surface area contributed by atoms with Gasteiger partial charge in [0, 0.05) is 20.7 Å². The molecule has 0 saturated carbocycles. The number of nitrogens with zero attached hydrogens (tertiary/aromatic N) is 1. The van der Waals surface area contributed by atoms with E-state index in [4.69, 9.17) is 0 Å². The van der Waals surface area contributed by atoms with Crippen LogP contribution in [0.4, 0.5) is 0 Å². The third-order valence-corrected chi connectivity index (χ3v) is 4.74. The molecule has 0 atom stereocenters. The second-order valence-electron chi connectivity index (χ2n) is 4.68. The number of hydrogen-bond acceptors (Lipinski definition) is 0. The number of para-hydroxylation sites is 1. The summed E-state index contributed by atoms with van der Waals surface area (Å²) in [6.45, 7) is 2.25. The Hall–Kier alpha value is -1.03. The van der Waals surface area contributed by atoms with Crippen molar-refractivity contribution in [2.45, 2.75) is 26.2 Å². The summed E-state index contributed by atoms with van der Waals surface area (Å²) in [5.41, 5.74) is 4.18. The molecule has 2 aromatic heterocycles. The van der Waals surface area contributed by atoms with Gasteiger partial charge in [-0.1, -0.05) is 31.5 Å². The first-order valence-electron chi connectivity index (χ1n) is 6.49. The molecule has 1 aromatic carbocycles. The lowest BCUT2D eigenvalue weighted by Gasteiger charge is -2.12. The molecule has 0 fully saturated rings. The fourth-order valence-corrected chi connectivity index (χ4v) is 3.57. The van der Waals surface area contributed by atoms with Crippen LogP contribution in [0.3, 0.4) is 0 Å². The van der Waals surface area contributed by atoms with Gasteiger partial charge in [0.1, 0.15) is 0 Å². The van der Waals surface area contributed by atoms with Crippen LogP contribution in [0.2, 0.25) is 0 Å². The average Bonchev–Trinajstić information content (AvgIpc) is 2.88. The monoisotopic (exact) mass is 349 g/mol. The molecule has 1 nitrogen and oxygen atoms in total. The van der Waals surface area contributed by atoms with Crippen LogP contribution in [0.5, 0.6) is 0 Å². The van der Waals surface area contributed by atoms with Gasteiger partial charge in [0.2, 0.25) is 0 Å². The maximum atomic E-state index is 2.51. The van der Waals surface area contributed by atoms with Gasteiger partial charge in [0.05, 0.1) is 5.52 Å². The van der Waals surface area contributed by atoms with E-state index in [-0.39, 0.29) is 0 Å². The van der Waals surface area contributed by atoms with Crippen molar-refractivity contribution in [3.8, 4) is 0 Å². The largest absolute Gasteiger partial charge is 0.316 e. The summed E-state index contributed by atoms with van der Waals surface area (Å²) < 4.78 is 3.74. The lowest BCUT2D eigenvalue weighted by molar-refractivity contribution is 0.795. The highest BCUT2D eigenvalue weighted by molar-refractivity contribution is 14.1. The molecule has 0 saturated heterocycles. The summed E-state index contributed by atoms with van der Waals surface area (Å²) in [7, 11) is 0. The Morgan fingerprint density at radius 3 is 2.67 bits per heavy atom. The molecule has 3 aromatic rings. The number of hydrogen-bond donors (Lipinski definition) is 0. The fraction of sp³-hybridized carbons (Fsp3) is 0.250. The van der Waals surface area contributed by atoms with Gasteiger partial charge in [-0.15, -0.1) is 0 Å². The highest BCUT2D eigenvalue weighted by Crippen LogP contribution is 2.29. The molecule has 3 rings (SSSR count). The van der Waals surface area contributed by atoms with Crippen LogP contribution in [-0.4, -0.2) is 4.40 Å². The zero-order valence-corrected chi connectivity index (χ0v) is 12.6. The first kappa shape index (κ1) is 12.0. The Kier molecular flexibility index (Phi) is 3.29. The molecule has 0 unspecified atom stereocenters. The first-order chi connectivity index (χ1) is 8.83. The molecule has 0 spiro atoms. The molecule has 2 heteroatoms. The lowest BCUT2D eigenvalue weighted by Crippen LogP contribution is -1.98. The van der Waals surface area contributed by atoms with Crippen LogP contribution in [0.25, 0.3) is 16.4 Å². The van der Waals surface area contributed by atoms with Crippen LogP contribution < -0.4 is 0 Å². The molecule has 0 N–H and O–H groups in total. The number of unbranched alkanes of at least 4 members (excludes halogenated alkanes) is 1. The SMILES string of the molecule is CCCCc1c(I)c2ccccc2n2cccc12. The summed E-state index contributed by atoms with van der Waals surface area (Å²) in [4.78, 5) is 0. The Balaban J connectivity index is 2.37. The van der Waals surface area contributed by atoms with E-state index in [1.165, 1.54) is 44.8 Å². The Labute approximate surface area is 121 Å². The van der Waals surface area contributed by atoms with Gasteiger partial charge < -0.3 is 4.40 Å². The molecule has 0 radical (unpaired) electrons. The number of pyridine rings is 1. The molecular weight excluding hydrogens is 333 g/mol. The molecule has 0 aliphatic carbocycles. The average molecular weight is 349 g/mol. The number of benzene rings is 1. The molecular formula is C16H16IN. The Morgan fingerprint density at radius 1 is 1.06 bits per heavy atom. The van der Waals surface area contributed by atoms with E-state index in [0.29, 0.717) is 0 Å². The summed E-state index contributed by atoms with van der Waals surface area (Å²) in [5.74, 6) is 0. The van der Waals surface area contributed by atoms with Gasteiger partial charge in [-0.3, -0.25) is 0 Å². The quantitative estimate of drug-likeness (QED) is 0.584. The number of halogens is 1. The summed E-state index contributed by atoms with van der Waals surface area (Å²) >= 11 is 2.51. The van der Waals surface area contributed by atoms with Crippen LogP contribution >= 0.6 is 22.6 Å². The van der Waals surface area contributed by atoms with E-state index < -0.39 is 0 Å². The van der Waals surface area contributed by atoms with E-state index in [1.54, 1.807) is 0 Å². The zero-order chi connectivity index (χ0) is 12.5. The van der Waals surface area contributed by atoms with Crippen LogP contribution in [-0.2, 0) is 6.42 Å². The van der Waals surface area contributed by atoms with Crippen molar-refractivity contribution in [3.63, 3.8) is 0 Å². The second kappa shape index (κ2) is 4.92. The number of aryl methyl sites for hydroxylation is 1. The molecule has 92 valence electrons. The van der Waals surface area contributed by atoms with Crippen molar-refractivity contribution < 1.29 is 0 Å². The van der Waals surface area contributed by atoms with Crippen LogP contribution in [0.15, 0.2) is 42.6 Å². The number of rotatable bonds is 3. The molecule has 18 heavy (non-hydrogen) atoms. The van der Waals surface area contributed by atoms with E-state index in [0.717, 1.165) is 0 Å². The standard InChI is InChI=1S/C16H16IN/c1-2-3-7-12-15-10-6-11-18(15)14-9-5-4-8-13(14)16(12)17/h4-6,8-11H,2-3,7H2,1H3. The van der Waals surface area contributed by atoms with Crippen molar-refractivity contribution in [1.29, 1.82) is 0 Å². The predicted octanol–water partition coefficient (Wildman–Crippen LogP) is 5.04. The van der Waals surface area contributed by atoms with E-state index in [1.807, 2.05) is 0 Å². The molecule has 0 amide bonds. The van der Waals surface area contributed by atoms with Crippen molar-refractivity contribution >= 4 is 39.0 Å². The summed E-state index contributed by atoms with van der Waals surface area (Å²) in [6, 6.07) is 13.1. The predicted molar refractivity (Wildman–Crippen MR) is 86.2 cm³/mol. The highest BCUT2D eigenvalue weighted by Gasteiger charge is 2.11. The Bertz CT molecular complexity index is 697. The number of fused-ring (bicyclic) bond motifs is 3. The van der Waals surface area contributed by atoms with E-state index in [2.05, 4.69) is 76.5 Å². The van der Waals surface area contributed by atoms with Gasteiger partial charge in [-0.25, -0.2) is 0 Å². The van der Waals surface area contributed by atoms with Gasteiger partial charge in [-0.05, 0) is 59.2 Å². The second-order valence-corrected chi connectivity index (χ2v) is 5.76. The first-order valence-corrected chi connectivity index (χ1v) is 7.57. The third kappa shape index (κ3) is 1.83. The van der Waals surface area contributed by atoms with Crippen molar-refractivity contribution in [3.05, 3.63) is 51.7 Å². The minimum Gasteiger partial charge on any atom is -0.316 e. The zero-order valence-electron chi connectivity index (χ0n) is 10.5. The lowest BCUT2D eigenvalue weighted by atomic mass is 10.1. The normalized spacial score (nSPS) is 11.4. The van der Waals surface area contributed by atoms with Crippen LogP contribution in [0.1, 0.15) is 25.3 Å². The maximum Gasteiger partial charge on any atom is 0.0538 e. The van der Waals surface area contributed by atoms with E-state index in [9.17, 15) is 0 Å². The van der Waals surface area contributed by atoms with Gasteiger partial charge >= 0.3 is 0 Å². The third-order valence-electron chi connectivity index (χ3n) is 3.50. The minimum atomic E-state index is 1.17. The van der Waals surface area contributed by atoms with Gasteiger partial charge in [-0.2, -0.15) is 0 Å². The van der Waals surface area contributed by atoms with Crippen LogP contribution in [0, 0.1) is 3.57 Å². The van der Waals surface area contributed by atoms with Crippen molar-refractivity contribution in [2.75, 3.05) is 0 Å². The fourth-order valence-electron chi connectivity index (χ4n) is 2.57. The summed E-state index contributed by atoms with van der Waals surface area (Å²) in [6.07, 6.45) is 5.85. The van der Waals surface area contributed by atoms with Gasteiger partial charge in [0.25, 0.3) is 0 Å². The number of aromatic nitrogens is 1. The Morgan fingerprint density at radius 2 is 1.83 bits per heavy atom. The smallest absolute Gasteiger partial charge is 0.0538 e. The van der Waals surface area contributed by atoms with Crippen molar-refractivity contribution in [1.82, 2.24) is 4.40 Å². The minimum absolute atomic E-state index is 1.17. The van der Waals surface area contributed by atoms with Gasteiger partial charge in [0.15, 0.2) is 0 Å². The topological polar surface area (TPSA) is 4.41 Å².